The van der Waals surface area contributed by atoms with Crippen molar-refractivity contribution >= 4 is 50.9 Å². The number of hydrogen-bond donors (Lipinski definition) is 4. The molecule has 2 amide bonds. The number of nitrogens with two attached hydrogens (primary N) is 2. The normalized spacial score (nSPS) is 11.4. The molecule has 0 bridgehead atoms. The van der Waals surface area contributed by atoms with Crippen molar-refractivity contribution in [3.8, 4) is 0 Å². The lowest BCUT2D eigenvalue weighted by Crippen LogP contribution is -2.45. The topological polar surface area (TPSA) is 163 Å². The Morgan fingerprint density at radius 2 is 1.63 bits per heavy atom. The van der Waals surface area contributed by atoms with Crippen molar-refractivity contribution in [3.05, 3.63) is 99.0 Å². The van der Waals surface area contributed by atoms with Gasteiger partial charge in [0.2, 0.25) is 21.8 Å². The summed E-state index contributed by atoms with van der Waals surface area (Å²) in [7, 11) is -4.20. The Morgan fingerprint density at radius 1 is 0.953 bits per heavy atom. The van der Waals surface area contributed by atoms with Crippen LogP contribution < -0.4 is 16.8 Å². The first-order chi connectivity index (χ1) is 20.4. The fraction of sp³-hybridized carbons (Fsp3) is 0.300. The van der Waals surface area contributed by atoms with E-state index in [0.29, 0.717) is 42.1 Å². The van der Waals surface area contributed by atoms with Gasteiger partial charge in [-0.2, -0.15) is 4.31 Å². The Labute approximate surface area is 262 Å². The molecule has 0 radical (unpaired) electrons. The lowest BCUT2D eigenvalue weighted by atomic mass is 10.1. The molecule has 6 N–H and O–H groups in total. The van der Waals surface area contributed by atoms with Crippen LogP contribution in [0.5, 0.6) is 0 Å². The van der Waals surface area contributed by atoms with Gasteiger partial charge in [0.1, 0.15) is 10.7 Å². The van der Waals surface area contributed by atoms with Gasteiger partial charge in [0, 0.05) is 30.2 Å². The second-order valence-corrected chi connectivity index (χ2v) is 12.6. The van der Waals surface area contributed by atoms with Gasteiger partial charge in [-0.25, -0.2) is 8.42 Å². The standard InChI is InChI=1S/C30H36Cl2N6O4S/c1-21-25(31)12-13-26(29(21)32)43(41,42)38(17-14-22-6-3-2-4-7-22)20-27(39)36-18-28(40)37(16-5-15-33)19-23-8-10-24(11-9-23)30(34)35/h2-4,6-13H,5,14-20,33H2,1H3,(H3,34,35)(H,36,39). The van der Waals surface area contributed by atoms with Gasteiger partial charge in [-0.05, 0) is 55.1 Å². The Morgan fingerprint density at radius 3 is 2.26 bits per heavy atom. The van der Waals surface area contributed by atoms with Crippen LogP contribution in [0.1, 0.15) is 28.7 Å². The molecule has 0 heterocycles. The van der Waals surface area contributed by atoms with Gasteiger partial charge < -0.3 is 21.7 Å². The Bertz CT molecular complexity index is 1540. The molecule has 10 nitrogen and oxygen atoms in total. The van der Waals surface area contributed by atoms with Gasteiger partial charge in [0.05, 0.1) is 18.1 Å². The van der Waals surface area contributed by atoms with Crippen LogP contribution >= 0.6 is 23.2 Å². The van der Waals surface area contributed by atoms with Gasteiger partial charge in [-0.1, -0.05) is 77.8 Å². The number of carbonyl (C=O) groups excluding carboxylic acids is 2. The highest BCUT2D eigenvalue weighted by atomic mass is 35.5. The number of rotatable bonds is 15. The fourth-order valence-corrected chi connectivity index (χ4v) is 6.42. The number of carbonyl (C=O) groups is 2. The maximum absolute atomic E-state index is 13.7. The average Bonchev–Trinajstić information content (AvgIpc) is 2.99. The highest BCUT2D eigenvalue weighted by Crippen LogP contribution is 2.32. The summed E-state index contributed by atoms with van der Waals surface area (Å²) < 4.78 is 28.5. The van der Waals surface area contributed by atoms with Crippen LogP contribution in [0.25, 0.3) is 0 Å². The largest absolute Gasteiger partial charge is 0.384 e. The molecule has 3 aromatic rings. The molecule has 43 heavy (non-hydrogen) atoms. The summed E-state index contributed by atoms with van der Waals surface area (Å²) in [6.07, 6.45) is 0.906. The van der Waals surface area contributed by atoms with Gasteiger partial charge >= 0.3 is 0 Å². The molecule has 13 heteroatoms. The van der Waals surface area contributed by atoms with Crippen molar-refractivity contribution in [2.24, 2.45) is 11.5 Å². The van der Waals surface area contributed by atoms with E-state index in [1.165, 1.54) is 12.1 Å². The maximum Gasteiger partial charge on any atom is 0.245 e. The first-order valence-corrected chi connectivity index (χ1v) is 15.8. The first-order valence-electron chi connectivity index (χ1n) is 13.6. The molecule has 3 aromatic carbocycles. The number of nitrogen functional groups attached to an aromatic ring is 1. The van der Waals surface area contributed by atoms with E-state index in [1.54, 1.807) is 36.1 Å². The summed E-state index contributed by atoms with van der Waals surface area (Å²) in [5.41, 5.74) is 13.9. The molecule has 0 aliphatic heterocycles. The van der Waals surface area contributed by atoms with Crippen molar-refractivity contribution in [3.63, 3.8) is 0 Å². The van der Waals surface area contributed by atoms with Crippen LogP contribution in [0.2, 0.25) is 10.0 Å². The van der Waals surface area contributed by atoms with Gasteiger partial charge in [-0.15, -0.1) is 0 Å². The number of benzene rings is 3. The minimum Gasteiger partial charge on any atom is -0.384 e. The van der Waals surface area contributed by atoms with Crippen LogP contribution in [-0.4, -0.2) is 68.0 Å². The molecule has 0 unspecified atom stereocenters. The number of halogens is 2. The molecular weight excluding hydrogens is 611 g/mol. The number of nitrogens with zero attached hydrogens (tertiary/aromatic N) is 2. The molecule has 0 aromatic heterocycles. The lowest BCUT2D eigenvalue weighted by molar-refractivity contribution is -0.133. The molecule has 0 saturated carbocycles. The van der Waals surface area contributed by atoms with E-state index in [9.17, 15) is 18.0 Å². The third kappa shape index (κ3) is 9.50. The van der Waals surface area contributed by atoms with Crippen LogP contribution in [0.4, 0.5) is 0 Å². The van der Waals surface area contributed by atoms with Crippen LogP contribution in [0.15, 0.2) is 71.6 Å². The van der Waals surface area contributed by atoms with E-state index < -0.39 is 22.5 Å². The minimum absolute atomic E-state index is 0.00456. The quantitative estimate of drug-likeness (QED) is 0.146. The minimum atomic E-state index is -4.20. The Balaban J connectivity index is 1.74. The van der Waals surface area contributed by atoms with Crippen molar-refractivity contribution in [1.29, 1.82) is 5.41 Å². The molecule has 0 saturated heterocycles. The van der Waals surface area contributed by atoms with Crippen LogP contribution in [0, 0.1) is 12.3 Å². The highest BCUT2D eigenvalue weighted by molar-refractivity contribution is 7.89. The molecule has 0 aliphatic rings. The zero-order chi connectivity index (χ0) is 31.6. The fourth-order valence-electron chi connectivity index (χ4n) is 4.24. The number of nitrogens with one attached hydrogen (secondary N) is 2. The van der Waals surface area contributed by atoms with E-state index in [4.69, 9.17) is 40.1 Å². The summed E-state index contributed by atoms with van der Waals surface area (Å²) in [6, 6.07) is 19.0. The zero-order valence-corrected chi connectivity index (χ0v) is 26.2. The molecule has 0 aliphatic carbocycles. The van der Waals surface area contributed by atoms with Crippen molar-refractivity contribution in [2.75, 3.05) is 32.7 Å². The molecule has 230 valence electrons. The van der Waals surface area contributed by atoms with Crippen molar-refractivity contribution < 1.29 is 18.0 Å². The molecular formula is C30H36Cl2N6O4S. The number of sulfonamides is 1. The SMILES string of the molecule is Cc1c(Cl)ccc(S(=O)(=O)N(CCc2ccccc2)CC(=O)NCC(=O)N(CCCN)Cc2ccc(C(=N)N)cc2)c1Cl. The smallest absolute Gasteiger partial charge is 0.245 e. The maximum atomic E-state index is 13.7. The van der Waals surface area contributed by atoms with Crippen LogP contribution in [-0.2, 0) is 32.6 Å². The van der Waals surface area contributed by atoms with Gasteiger partial charge in [0.25, 0.3) is 0 Å². The summed E-state index contributed by atoms with van der Waals surface area (Å²) in [5, 5.41) is 10.4. The second-order valence-electron chi connectivity index (χ2n) is 9.90. The molecule has 3 rings (SSSR count). The second kappa shape index (κ2) is 15.8. The van der Waals surface area contributed by atoms with E-state index in [1.807, 2.05) is 30.3 Å². The molecule has 0 spiro atoms. The number of hydrogen-bond acceptors (Lipinski definition) is 6. The monoisotopic (exact) mass is 646 g/mol. The summed E-state index contributed by atoms with van der Waals surface area (Å²) in [5.74, 6) is -1.05. The third-order valence-electron chi connectivity index (χ3n) is 6.78. The average molecular weight is 648 g/mol. The van der Waals surface area contributed by atoms with Gasteiger partial charge in [0.15, 0.2) is 0 Å². The Kier molecular flexibility index (Phi) is 12.5. The van der Waals surface area contributed by atoms with E-state index in [0.717, 1.165) is 15.4 Å². The van der Waals surface area contributed by atoms with Gasteiger partial charge in [-0.3, -0.25) is 15.0 Å². The predicted molar refractivity (Wildman–Crippen MR) is 170 cm³/mol. The molecule has 0 fully saturated rings. The lowest BCUT2D eigenvalue weighted by Gasteiger charge is -2.25. The molecule has 0 atom stereocenters. The van der Waals surface area contributed by atoms with E-state index >= 15 is 0 Å². The van der Waals surface area contributed by atoms with Crippen molar-refractivity contribution in [2.45, 2.75) is 31.2 Å². The first kappa shape index (κ1) is 34.0. The van der Waals surface area contributed by atoms with Crippen molar-refractivity contribution in [1.82, 2.24) is 14.5 Å². The van der Waals surface area contributed by atoms with E-state index in [-0.39, 0.29) is 41.3 Å². The summed E-state index contributed by atoms with van der Waals surface area (Å²) >= 11 is 12.5. The zero-order valence-electron chi connectivity index (χ0n) is 23.9. The number of amides is 2. The highest BCUT2D eigenvalue weighted by Gasteiger charge is 2.30. The number of amidine groups is 1. The Hall–Kier alpha value is -3.48. The summed E-state index contributed by atoms with van der Waals surface area (Å²) in [6.45, 7) is 1.78. The summed E-state index contributed by atoms with van der Waals surface area (Å²) in [4.78, 5) is 27.6. The van der Waals surface area contributed by atoms with Crippen LogP contribution in [0.3, 0.4) is 0 Å². The third-order valence-corrected chi connectivity index (χ3v) is 9.67. The predicted octanol–water partition coefficient (Wildman–Crippen LogP) is 3.31. The van der Waals surface area contributed by atoms with E-state index in [2.05, 4.69) is 5.32 Å².